The van der Waals surface area contributed by atoms with Gasteiger partial charge in [-0.1, -0.05) is 36.4 Å². The quantitative estimate of drug-likeness (QED) is 0.550. The van der Waals surface area contributed by atoms with Crippen LogP contribution >= 0.6 is 0 Å². The van der Waals surface area contributed by atoms with Crippen molar-refractivity contribution in [3.8, 4) is 11.5 Å². The number of nitrogens with zero attached hydrogens (tertiary/aromatic N) is 4. The Hall–Kier alpha value is -3.36. The van der Waals surface area contributed by atoms with Crippen molar-refractivity contribution in [1.82, 2.24) is 19.7 Å². The second-order valence-electron chi connectivity index (χ2n) is 8.51. The summed E-state index contributed by atoms with van der Waals surface area (Å²) >= 11 is 0. The van der Waals surface area contributed by atoms with Crippen LogP contribution in [0.15, 0.2) is 59.2 Å². The van der Waals surface area contributed by atoms with Crippen molar-refractivity contribution in [2.45, 2.75) is 19.6 Å². The van der Waals surface area contributed by atoms with Crippen molar-refractivity contribution in [1.29, 1.82) is 0 Å². The summed E-state index contributed by atoms with van der Waals surface area (Å²) in [5.74, 6) is 2.09. The molecule has 1 amide bonds. The second kappa shape index (κ2) is 9.64. The highest BCUT2D eigenvalue weighted by atomic mass is 16.7. The number of carbonyl (C=O) groups excluding carboxylic acids is 1. The Morgan fingerprint density at radius 1 is 0.939 bits per heavy atom. The zero-order valence-corrected chi connectivity index (χ0v) is 18.8. The van der Waals surface area contributed by atoms with E-state index in [4.69, 9.17) is 13.9 Å². The summed E-state index contributed by atoms with van der Waals surface area (Å²) in [6, 6.07) is 16.1. The van der Waals surface area contributed by atoms with Gasteiger partial charge in [0.05, 0.1) is 6.54 Å². The molecule has 0 spiro atoms. The molecule has 0 atom stereocenters. The lowest BCUT2D eigenvalue weighted by Gasteiger charge is -2.34. The molecule has 0 bridgehead atoms. The van der Waals surface area contributed by atoms with E-state index < -0.39 is 0 Å². The molecule has 5 rings (SSSR count). The normalized spacial score (nSPS) is 16.2. The molecule has 0 unspecified atom stereocenters. The molecule has 8 heteroatoms. The first-order chi connectivity index (χ1) is 16.1. The van der Waals surface area contributed by atoms with Gasteiger partial charge in [0, 0.05) is 46.3 Å². The lowest BCUT2D eigenvalue weighted by Crippen LogP contribution is -2.45. The van der Waals surface area contributed by atoms with Crippen molar-refractivity contribution in [3.05, 3.63) is 77.5 Å². The van der Waals surface area contributed by atoms with E-state index in [0.29, 0.717) is 31.5 Å². The number of benzene rings is 2. The van der Waals surface area contributed by atoms with E-state index in [1.165, 1.54) is 11.8 Å². The lowest BCUT2D eigenvalue weighted by molar-refractivity contribution is 0.0779. The van der Waals surface area contributed by atoms with Crippen molar-refractivity contribution in [3.63, 3.8) is 0 Å². The predicted octanol–water partition coefficient (Wildman–Crippen LogP) is 2.99. The molecule has 0 aliphatic carbocycles. The maximum Gasteiger partial charge on any atom is 0.275 e. The van der Waals surface area contributed by atoms with Gasteiger partial charge < -0.3 is 18.8 Å². The Labute approximate surface area is 193 Å². The van der Waals surface area contributed by atoms with Crippen molar-refractivity contribution < 1.29 is 18.7 Å². The lowest BCUT2D eigenvalue weighted by atomic mass is 10.1. The van der Waals surface area contributed by atoms with Gasteiger partial charge in [0.15, 0.2) is 17.2 Å². The summed E-state index contributed by atoms with van der Waals surface area (Å²) < 4.78 is 16.5. The summed E-state index contributed by atoms with van der Waals surface area (Å²) in [5.41, 5.74) is 2.66. The molecule has 172 valence electrons. The maximum atomic E-state index is 12.7. The summed E-state index contributed by atoms with van der Waals surface area (Å²) in [4.78, 5) is 23.6. The average molecular weight is 449 g/mol. The average Bonchev–Trinajstić information content (AvgIpc) is 3.50. The Morgan fingerprint density at radius 2 is 1.67 bits per heavy atom. The molecular weight excluding hydrogens is 420 g/mol. The number of rotatable bonds is 7. The molecule has 0 N–H and O–H groups in total. The largest absolute Gasteiger partial charge is 0.454 e. The van der Waals surface area contributed by atoms with E-state index >= 15 is 0 Å². The Balaban J connectivity index is 1.10. The summed E-state index contributed by atoms with van der Waals surface area (Å²) in [6.45, 7) is 6.08. The molecule has 1 fully saturated rings. The number of amides is 1. The summed E-state index contributed by atoms with van der Waals surface area (Å²) in [5, 5.41) is 0. The minimum Gasteiger partial charge on any atom is -0.454 e. The first-order valence-electron chi connectivity index (χ1n) is 11.2. The third-order valence-corrected chi connectivity index (χ3v) is 6.05. The van der Waals surface area contributed by atoms with Crippen LogP contribution in [0.3, 0.4) is 0 Å². The van der Waals surface area contributed by atoms with Crippen LogP contribution in [0.5, 0.6) is 11.5 Å². The number of aromatic nitrogens is 1. The molecule has 1 aromatic heterocycles. The Bertz CT molecular complexity index is 1090. The number of piperazine rings is 1. The smallest absolute Gasteiger partial charge is 0.275 e. The molecule has 2 aliphatic rings. The van der Waals surface area contributed by atoms with E-state index in [0.717, 1.165) is 49.8 Å². The minimum absolute atomic E-state index is 0.137. The molecule has 0 saturated carbocycles. The molecule has 3 aromatic rings. The highest BCUT2D eigenvalue weighted by Gasteiger charge is 2.22. The minimum atomic E-state index is -0.137. The van der Waals surface area contributed by atoms with Crippen LogP contribution in [-0.2, 0) is 19.6 Å². The van der Waals surface area contributed by atoms with Crippen molar-refractivity contribution >= 4 is 5.91 Å². The van der Waals surface area contributed by atoms with E-state index in [-0.39, 0.29) is 5.91 Å². The highest BCUT2D eigenvalue weighted by molar-refractivity contribution is 5.91. The van der Waals surface area contributed by atoms with Gasteiger partial charge in [-0.25, -0.2) is 4.98 Å². The Kier molecular flexibility index (Phi) is 6.28. The molecule has 0 radical (unpaired) electrons. The molecule has 8 nitrogen and oxygen atoms in total. The van der Waals surface area contributed by atoms with Crippen LogP contribution in [0, 0.1) is 0 Å². The molecule has 2 aliphatic heterocycles. The van der Waals surface area contributed by atoms with Gasteiger partial charge in [-0.3, -0.25) is 14.6 Å². The number of ether oxygens (including phenoxy) is 2. The van der Waals surface area contributed by atoms with Gasteiger partial charge in [0.1, 0.15) is 6.26 Å². The number of hydrogen-bond acceptors (Lipinski definition) is 7. The summed E-state index contributed by atoms with van der Waals surface area (Å²) in [6.07, 6.45) is 1.47. The van der Waals surface area contributed by atoms with Gasteiger partial charge in [0.2, 0.25) is 12.7 Å². The van der Waals surface area contributed by atoms with Crippen LogP contribution in [0.2, 0.25) is 0 Å². The van der Waals surface area contributed by atoms with Crippen LogP contribution < -0.4 is 9.47 Å². The third-order valence-electron chi connectivity index (χ3n) is 6.05. The fourth-order valence-electron chi connectivity index (χ4n) is 4.20. The van der Waals surface area contributed by atoms with E-state index in [2.05, 4.69) is 26.9 Å². The van der Waals surface area contributed by atoms with Crippen molar-refractivity contribution in [2.75, 3.05) is 40.0 Å². The van der Waals surface area contributed by atoms with Gasteiger partial charge in [0.25, 0.3) is 5.91 Å². The first-order valence-corrected chi connectivity index (χ1v) is 11.2. The van der Waals surface area contributed by atoms with Gasteiger partial charge >= 0.3 is 0 Å². The topological polar surface area (TPSA) is 71.3 Å². The van der Waals surface area contributed by atoms with E-state index in [1.807, 2.05) is 36.4 Å². The molecule has 1 saturated heterocycles. The highest BCUT2D eigenvalue weighted by Crippen LogP contribution is 2.32. The predicted molar refractivity (Wildman–Crippen MR) is 122 cm³/mol. The number of fused-ring (bicyclic) bond motifs is 1. The Morgan fingerprint density at radius 3 is 2.45 bits per heavy atom. The van der Waals surface area contributed by atoms with Gasteiger partial charge in [-0.15, -0.1) is 0 Å². The number of hydrogen-bond donors (Lipinski definition) is 0. The maximum absolute atomic E-state index is 12.7. The third kappa shape index (κ3) is 5.18. The molecule has 33 heavy (non-hydrogen) atoms. The van der Waals surface area contributed by atoms with Crippen LogP contribution in [0.4, 0.5) is 0 Å². The van der Waals surface area contributed by atoms with Gasteiger partial charge in [-0.05, 0) is 23.3 Å². The van der Waals surface area contributed by atoms with E-state index in [1.54, 1.807) is 11.9 Å². The standard InChI is InChI=1S/C25H28N4O4/c1-27(14-19-5-3-2-4-6-19)25(30)21-17-31-24(26-21)16-29-11-9-28(10-12-29)15-20-7-8-22-23(13-20)33-18-32-22/h2-8,13,17H,9-12,14-16,18H2,1H3. The monoisotopic (exact) mass is 448 g/mol. The molecule has 2 aromatic carbocycles. The second-order valence-corrected chi connectivity index (χ2v) is 8.51. The number of carbonyl (C=O) groups is 1. The number of oxazole rings is 1. The van der Waals surface area contributed by atoms with Crippen LogP contribution in [-0.4, -0.2) is 65.6 Å². The molecular formula is C25H28N4O4. The summed E-state index contributed by atoms with van der Waals surface area (Å²) in [7, 11) is 1.78. The zero-order chi connectivity index (χ0) is 22.6. The van der Waals surface area contributed by atoms with Crippen molar-refractivity contribution in [2.24, 2.45) is 0 Å². The fraction of sp³-hybridized carbons (Fsp3) is 0.360. The first kappa shape index (κ1) is 21.5. The van der Waals surface area contributed by atoms with Crippen LogP contribution in [0.25, 0.3) is 0 Å². The van der Waals surface area contributed by atoms with E-state index in [9.17, 15) is 4.79 Å². The zero-order valence-electron chi connectivity index (χ0n) is 18.8. The fourth-order valence-corrected chi connectivity index (χ4v) is 4.20. The SMILES string of the molecule is CN(Cc1ccccc1)C(=O)c1coc(CN2CCN(Cc3ccc4c(c3)OCO4)CC2)n1. The van der Waals surface area contributed by atoms with Crippen LogP contribution in [0.1, 0.15) is 27.5 Å². The van der Waals surface area contributed by atoms with Gasteiger partial charge in [-0.2, -0.15) is 0 Å². The molecule has 3 heterocycles.